The van der Waals surface area contributed by atoms with Gasteiger partial charge >= 0.3 is 0 Å². The third-order valence-corrected chi connectivity index (χ3v) is 2.67. The molecule has 0 aliphatic heterocycles. The molecule has 0 spiro atoms. The van der Waals surface area contributed by atoms with E-state index in [-0.39, 0.29) is 6.61 Å². The lowest BCUT2D eigenvalue weighted by atomic mass is 10.1. The summed E-state index contributed by atoms with van der Waals surface area (Å²) in [6.45, 7) is 4.79. The number of hydrogen-bond acceptors (Lipinski definition) is 3. The van der Waals surface area contributed by atoms with E-state index >= 15 is 0 Å². The van der Waals surface area contributed by atoms with Gasteiger partial charge in [0.25, 0.3) is 0 Å². The summed E-state index contributed by atoms with van der Waals surface area (Å²) in [7, 11) is 0. The van der Waals surface area contributed by atoms with Crippen molar-refractivity contribution in [3.63, 3.8) is 0 Å². The molecule has 86 valence electrons. The second kappa shape index (κ2) is 6.45. The first-order chi connectivity index (χ1) is 7.72. The van der Waals surface area contributed by atoms with E-state index in [4.69, 9.17) is 5.11 Å². The van der Waals surface area contributed by atoms with E-state index in [2.05, 4.69) is 22.5 Å². The Morgan fingerprint density at radius 1 is 1.50 bits per heavy atom. The molecule has 0 aliphatic rings. The van der Waals surface area contributed by atoms with Crippen LogP contribution in [0, 0.1) is 0 Å². The van der Waals surface area contributed by atoms with E-state index in [0.29, 0.717) is 18.7 Å². The maximum Gasteiger partial charge on any atom is 0.152 e. The Kier molecular flexibility index (Phi) is 5.22. The van der Waals surface area contributed by atoms with Crippen LogP contribution in [0.1, 0.15) is 10.4 Å². The highest BCUT2D eigenvalue weighted by atomic mass is 79.9. The lowest BCUT2D eigenvalue weighted by molar-refractivity contribution is 0.112. The van der Waals surface area contributed by atoms with Crippen molar-refractivity contribution in [3.05, 3.63) is 40.9 Å². The first-order valence-electron chi connectivity index (χ1n) is 4.94. The molecule has 0 heterocycles. The second-order valence-corrected chi connectivity index (χ2v) is 4.19. The fourth-order valence-electron chi connectivity index (χ4n) is 1.49. The van der Waals surface area contributed by atoms with Gasteiger partial charge in [0, 0.05) is 28.8 Å². The minimum absolute atomic E-state index is 0.0439. The zero-order valence-corrected chi connectivity index (χ0v) is 10.5. The molecular weight excluding hydrogens is 270 g/mol. The van der Waals surface area contributed by atoms with Crippen molar-refractivity contribution in [1.82, 2.24) is 0 Å². The maximum absolute atomic E-state index is 11.0. The minimum Gasteiger partial charge on any atom is -0.395 e. The summed E-state index contributed by atoms with van der Waals surface area (Å²) in [6.07, 6.45) is 2.56. The monoisotopic (exact) mass is 283 g/mol. The topological polar surface area (TPSA) is 40.5 Å². The van der Waals surface area contributed by atoms with Gasteiger partial charge in [-0.05, 0) is 18.2 Å². The molecular formula is C12H14BrNO2. The normalized spacial score (nSPS) is 9.88. The van der Waals surface area contributed by atoms with Crippen LogP contribution in [0.5, 0.6) is 0 Å². The summed E-state index contributed by atoms with van der Waals surface area (Å²) in [5.41, 5.74) is 1.41. The SMILES string of the molecule is C=CCN(CCO)c1ccc(Br)cc1C=O. The van der Waals surface area contributed by atoms with Crippen LogP contribution >= 0.6 is 15.9 Å². The molecule has 0 bridgehead atoms. The number of carbonyl (C=O) groups is 1. The van der Waals surface area contributed by atoms with Gasteiger partial charge < -0.3 is 10.0 Å². The molecule has 3 nitrogen and oxygen atoms in total. The van der Waals surface area contributed by atoms with E-state index in [0.717, 1.165) is 16.4 Å². The van der Waals surface area contributed by atoms with E-state index in [1.807, 2.05) is 17.0 Å². The zero-order chi connectivity index (χ0) is 12.0. The van der Waals surface area contributed by atoms with Crippen LogP contribution in [-0.2, 0) is 0 Å². The molecule has 1 rings (SSSR count). The highest BCUT2D eigenvalue weighted by Gasteiger charge is 2.09. The summed E-state index contributed by atoms with van der Waals surface area (Å²) in [6, 6.07) is 5.48. The number of aldehydes is 1. The van der Waals surface area contributed by atoms with Crippen molar-refractivity contribution in [3.8, 4) is 0 Å². The Labute approximate surface area is 104 Å². The van der Waals surface area contributed by atoms with Gasteiger partial charge in [-0.25, -0.2) is 0 Å². The van der Waals surface area contributed by atoms with Crippen LogP contribution in [-0.4, -0.2) is 31.1 Å². The number of benzene rings is 1. The lowest BCUT2D eigenvalue weighted by Gasteiger charge is -2.23. The molecule has 0 radical (unpaired) electrons. The van der Waals surface area contributed by atoms with Gasteiger partial charge in [-0.1, -0.05) is 22.0 Å². The highest BCUT2D eigenvalue weighted by molar-refractivity contribution is 9.10. The molecule has 0 aliphatic carbocycles. The second-order valence-electron chi connectivity index (χ2n) is 3.28. The van der Waals surface area contributed by atoms with Crippen LogP contribution in [0.25, 0.3) is 0 Å². The van der Waals surface area contributed by atoms with Gasteiger partial charge in [-0.15, -0.1) is 6.58 Å². The van der Waals surface area contributed by atoms with Crippen molar-refractivity contribution < 1.29 is 9.90 Å². The highest BCUT2D eigenvalue weighted by Crippen LogP contribution is 2.23. The molecule has 1 aromatic carbocycles. The Morgan fingerprint density at radius 3 is 2.81 bits per heavy atom. The van der Waals surface area contributed by atoms with Gasteiger partial charge in [0.2, 0.25) is 0 Å². The number of aliphatic hydroxyl groups excluding tert-OH is 1. The molecule has 4 heteroatoms. The third-order valence-electron chi connectivity index (χ3n) is 2.18. The third kappa shape index (κ3) is 3.18. The molecule has 0 amide bonds. The Bertz CT molecular complexity index is 379. The molecule has 0 saturated carbocycles. The molecule has 0 aromatic heterocycles. The van der Waals surface area contributed by atoms with Gasteiger partial charge in [0.05, 0.1) is 6.61 Å². The van der Waals surface area contributed by atoms with Crippen molar-refractivity contribution in [2.45, 2.75) is 0 Å². The molecule has 16 heavy (non-hydrogen) atoms. The lowest BCUT2D eigenvalue weighted by Crippen LogP contribution is -2.27. The number of nitrogens with zero attached hydrogens (tertiary/aromatic N) is 1. The number of anilines is 1. The van der Waals surface area contributed by atoms with Gasteiger partial charge in [-0.3, -0.25) is 4.79 Å². The quantitative estimate of drug-likeness (QED) is 0.643. The summed E-state index contributed by atoms with van der Waals surface area (Å²) >= 11 is 3.32. The van der Waals surface area contributed by atoms with E-state index < -0.39 is 0 Å². The van der Waals surface area contributed by atoms with Crippen molar-refractivity contribution >= 4 is 27.9 Å². The summed E-state index contributed by atoms with van der Waals surface area (Å²) in [5.74, 6) is 0. The maximum atomic E-state index is 11.0. The van der Waals surface area contributed by atoms with Gasteiger partial charge in [0.1, 0.15) is 0 Å². The fraction of sp³-hybridized carbons (Fsp3) is 0.250. The summed E-state index contributed by atoms with van der Waals surface area (Å²) < 4.78 is 0.862. The molecule has 0 fully saturated rings. The molecule has 0 saturated heterocycles. The minimum atomic E-state index is 0.0439. The molecule has 1 N–H and O–H groups in total. The number of halogens is 1. The largest absolute Gasteiger partial charge is 0.395 e. The van der Waals surface area contributed by atoms with Crippen molar-refractivity contribution in [1.29, 1.82) is 0 Å². The average molecular weight is 284 g/mol. The molecule has 0 unspecified atom stereocenters. The Morgan fingerprint density at radius 2 is 2.25 bits per heavy atom. The van der Waals surface area contributed by atoms with Crippen LogP contribution in [0.4, 0.5) is 5.69 Å². The standard InChI is InChI=1S/C12H14BrNO2/c1-2-5-14(6-7-15)12-4-3-11(13)8-10(12)9-16/h2-4,8-9,15H,1,5-7H2. The average Bonchev–Trinajstić information content (AvgIpc) is 2.28. The van der Waals surface area contributed by atoms with Crippen molar-refractivity contribution in [2.75, 3.05) is 24.6 Å². The first kappa shape index (κ1) is 12.9. The smallest absolute Gasteiger partial charge is 0.152 e. The number of hydrogen-bond donors (Lipinski definition) is 1. The summed E-state index contributed by atoms with van der Waals surface area (Å²) in [5, 5.41) is 8.97. The van der Waals surface area contributed by atoms with E-state index in [1.165, 1.54) is 0 Å². The predicted octanol–water partition coefficient (Wildman–Crippen LogP) is 2.25. The first-order valence-corrected chi connectivity index (χ1v) is 5.73. The Balaban J connectivity index is 3.06. The van der Waals surface area contributed by atoms with Gasteiger partial charge in [-0.2, -0.15) is 0 Å². The molecule has 1 aromatic rings. The fourth-order valence-corrected chi connectivity index (χ4v) is 1.87. The van der Waals surface area contributed by atoms with Crippen LogP contribution < -0.4 is 4.90 Å². The number of rotatable bonds is 6. The van der Waals surface area contributed by atoms with E-state index in [1.54, 1.807) is 12.1 Å². The number of carbonyl (C=O) groups excluding carboxylic acids is 1. The Hall–Kier alpha value is -1.13. The van der Waals surface area contributed by atoms with E-state index in [9.17, 15) is 4.79 Å². The summed E-state index contributed by atoms with van der Waals surface area (Å²) in [4.78, 5) is 12.9. The predicted molar refractivity (Wildman–Crippen MR) is 69.0 cm³/mol. The van der Waals surface area contributed by atoms with Crippen LogP contribution in [0.15, 0.2) is 35.3 Å². The van der Waals surface area contributed by atoms with Gasteiger partial charge in [0.15, 0.2) is 6.29 Å². The molecule has 0 atom stereocenters. The number of aliphatic hydroxyl groups is 1. The van der Waals surface area contributed by atoms with Crippen molar-refractivity contribution in [2.24, 2.45) is 0 Å². The van der Waals surface area contributed by atoms with Crippen LogP contribution in [0.3, 0.4) is 0 Å². The zero-order valence-electron chi connectivity index (χ0n) is 8.90. The van der Waals surface area contributed by atoms with Crippen LogP contribution in [0.2, 0.25) is 0 Å².